The molecule has 0 aromatic heterocycles. The van der Waals surface area contributed by atoms with E-state index >= 15 is 0 Å². The molecule has 2 amide bonds. The molecule has 1 N–H and O–H groups in total. The quantitative estimate of drug-likeness (QED) is 0.866. The van der Waals surface area contributed by atoms with Crippen molar-refractivity contribution in [2.75, 3.05) is 0 Å². The van der Waals surface area contributed by atoms with Crippen LogP contribution in [0.25, 0.3) is 0 Å². The minimum absolute atomic E-state index is 0.103. The van der Waals surface area contributed by atoms with Crippen LogP contribution in [0.4, 0.5) is 0 Å². The molecule has 1 atom stereocenters. The molecule has 2 saturated carbocycles. The number of hydrogen-bond acceptors (Lipinski definition) is 2. The lowest BCUT2D eigenvalue weighted by molar-refractivity contribution is -0.160. The highest BCUT2D eigenvalue weighted by Crippen LogP contribution is 2.41. The average Bonchev–Trinajstić information content (AvgIpc) is 3.34. The molecule has 1 heterocycles. The number of rotatable bonds is 4. The third-order valence-corrected chi connectivity index (χ3v) is 5.82. The first-order valence-corrected chi connectivity index (χ1v) is 8.77. The van der Waals surface area contributed by atoms with Gasteiger partial charge in [-0.15, -0.1) is 0 Å². The summed E-state index contributed by atoms with van der Waals surface area (Å²) in [5.74, 6) is 0.699. The molecule has 1 aliphatic heterocycles. The fourth-order valence-corrected chi connectivity index (χ4v) is 4.20. The molecule has 21 heavy (non-hydrogen) atoms. The van der Waals surface area contributed by atoms with Crippen LogP contribution in [0.15, 0.2) is 0 Å². The number of carbonyl (C=O) groups is 2. The lowest BCUT2D eigenvalue weighted by Crippen LogP contribution is -2.72. The molecule has 1 unspecified atom stereocenters. The Balaban J connectivity index is 1.92. The predicted octanol–water partition coefficient (Wildman–Crippen LogP) is 2.61. The maximum atomic E-state index is 13.2. The molecule has 4 nitrogen and oxygen atoms in total. The highest BCUT2D eigenvalue weighted by molar-refractivity contribution is 6.00. The summed E-state index contributed by atoms with van der Waals surface area (Å²) >= 11 is 0. The molecule has 4 heteroatoms. The molecular formula is C17H28N2O2. The second-order valence-electron chi connectivity index (χ2n) is 7.06. The monoisotopic (exact) mass is 292 g/mol. The summed E-state index contributed by atoms with van der Waals surface area (Å²) in [6, 6.07) is 0.104. The Morgan fingerprint density at radius 1 is 1.05 bits per heavy atom. The van der Waals surface area contributed by atoms with Crippen LogP contribution < -0.4 is 5.32 Å². The van der Waals surface area contributed by atoms with Gasteiger partial charge in [0.05, 0.1) is 0 Å². The third-order valence-electron chi connectivity index (χ3n) is 5.82. The molecule has 1 saturated heterocycles. The summed E-state index contributed by atoms with van der Waals surface area (Å²) in [6.07, 6.45) is 9.38. The van der Waals surface area contributed by atoms with Crippen LogP contribution in [-0.4, -0.2) is 34.3 Å². The third kappa shape index (κ3) is 2.47. The highest BCUT2D eigenvalue weighted by Gasteiger charge is 2.54. The molecule has 3 aliphatic rings. The van der Waals surface area contributed by atoms with Crippen molar-refractivity contribution < 1.29 is 9.59 Å². The topological polar surface area (TPSA) is 49.4 Å². The smallest absolute Gasteiger partial charge is 0.249 e. The van der Waals surface area contributed by atoms with Crippen LogP contribution in [-0.2, 0) is 9.59 Å². The van der Waals surface area contributed by atoms with Gasteiger partial charge in [0.25, 0.3) is 0 Å². The normalized spacial score (nSPS) is 30.4. The van der Waals surface area contributed by atoms with Crippen LogP contribution >= 0.6 is 0 Å². The summed E-state index contributed by atoms with van der Waals surface area (Å²) in [5, 5.41) is 3.09. The molecular weight excluding hydrogens is 264 g/mol. The Hall–Kier alpha value is -1.06. The van der Waals surface area contributed by atoms with Gasteiger partial charge in [-0.3, -0.25) is 9.59 Å². The minimum Gasteiger partial charge on any atom is -0.340 e. The summed E-state index contributed by atoms with van der Waals surface area (Å²) in [7, 11) is 0. The summed E-state index contributed by atoms with van der Waals surface area (Å²) in [4.78, 5) is 27.9. The van der Waals surface area contributed by atoms with Gasteiger partial charge in [-0.05, 0) is 44.4 Å². The number of hydrogen-bond donors (Lipinski definition) is 1. The van der Waals surface area contributed by atoms with Gasteiger partial charge in [0.2, 0.25) is 11.8 Å². The zero-order valence-corrected chi connectivity index (χ0v) is 13.4. The van der Waals surface area contributed by atoms with Crippen molar-refractivity contribution in [3.05, 3.63) is 0 Å². The molecule has 3 fully saturated rings. The average molecular weight is 292 g/mol. The van der Waals surface area contributed by atoms with Crippen molar-refractivity contribution in [2.24, 2.45) is 5.92 Å². The fourth-order valence-electron chi connectivity index (χ4n) is 4.20. The van der Waals surface area contributed by atoms with Crippen molar-refractivity contribution >= 4 is 11.8 Å². The Labute approximate surface area is 127 Å². The van der Waals surface area contributed by atoms with E-state index in [4.69, 9.17) is 0 Å². The zero-order chi connectivity index (χ0) is 15.0. The first-order chi connectivity index (χ1) is 10.1. The Morgan fingerprint density at radius 2 is 1.67 bits per heavy atom. The number of piperazine rings is 1. The second-order valence-corrected chi connectivity index (χ2v) is 7.06. The van der Waals surface area contributed by atoms with Gasteiger partial charge in [0.15, 0.2) is 0 Å². The molecule has 0 bridgehead atoms. The largest absolute Gasteiger partial charge is 0.340 e. The summed E-state index contributed by atoms with van der Waals surface area (Å²) in [5.41, 5.74) is -0.653. The van der Waals surface area contributed by atoms with E-state index in [-0.39, 0.29) is 17.9 Å². The SMILES string of the molecule is CCC1(CC)NC(=O)C(C2CC2)N(C2CCCCC2)C1=O. The number of nitrogens with one attached hydrogen (secondary N) is 1. The predicted molar refractivity (Wildman–Crippen MR) is 81.7 cm³/mol. The lowest BCUT2D eigenvalue weighted by Gasteiger charge is -2.49. The van der Waals surface area contributed by atoms with Crippen molar-refractivity contribution in [2.45, 2.75) is 89.3 Å². The maximum absolute atomic E-state index is 13.2. The van der Waals surface area contributed by atoms with Gasteiger partial charge < -0.3 is 10.2 Å². The van der Waals surface area contributed by atoms with Crippen molar-refractivity contribution in [1.82, 2.24) is 10.2 Å². The highest BCUT2D eigenvalue weighted by atomic mass is 16.2. The second kappa shape index (κ2) is 5.62. The Bertz CT molecular complexity index is 421. The van der Waals surface area contributed by atoms with Gasteiger partial charge in [0, 0.05) is 6.04 Å². The zero-order valence-electron chi connectivity index (χ0n) is 13.4. The maximum Gasteiger partial charge on any atom is 0.249 e. The standard InChI is InChI=1S/C17H28N2O2/c1-3-17(4-2)16(21)19(13-8-6-5-7-9-13)14(12-10-11-12)15(20)18-17/h12-14H,3-11H2,1-2H3,(H,18,20). The van der Waals surface area contributed by atoms with E-state index in [9.17, 15) is 9.59 Å². The van der Waals surface area contributed by atoms with Crippen LogP contribution in [0.3, 0.4) is 0 Å². The van der Waals surface area contributed by atoms with Crippen molar-refractivity contribution in [3.63, 3.8) is 0 Å². The number of nitrogens with zero attached hydrogens (tertiary/aromatic N) is 1. The lowest BCUT2D eigenvalue weighted by atomic mass is 9.83. The van der Waals surface area contributed by atoms with Gasteiger partial charge in [0.1, 0.15) is 11.6 Å². The van der Waals surface area contributed by atoms with E-state index in [1.54, 1.807) is 0 Å². The van der Waals surface area contributed by atoms with Crippen molar-refractivity contribution in [3.8, 4) is 0 Å². The van der Waals surface area contributed by atoms with Gasteiger partial charge in [-0.1, -0.05) is 33.1 Å². The molecule has 118 valence electrons. The van der Waals surface area contributed by atoms with E-state index in [0.717, 1.165) is 25.7 Å². The Kier molecular flexibility index (Phi) is 3.98. The minimum atomic E-state index is -0.653. The van der Waals surface area contributed by atoms with Gasteiger partial charge in [-0.2, -0.15) is 0 Å². The van der Waals surface area contributed by atoms with Crippen LogP contribution in [0.5, 0.6) is 0 Å². The molecule has 0 radical (unpaired) electrons. The van der Waals surface area contributed by atoms with Crippen LogP contribution in [0.1, 0.15) is 71.6 Å². The van der Waals surface area contributed by atoms with Gasteiger partial charge >= 0.3 is 0 Å². The van der Waals surface area contributed by atoms with Crippen LogP contribution in [0.2, 0.25) is 0 Å². The molecule has 0 aromatic carbocycles. The van der Waals surface area contributed by atoms with E-state index in [0.29, 0.717) is 24.8 Å². The number of amides is 2. The molecule has 3 rings (SSSR count). The first-order valence-electron chi connectivity index (χ1n) is 8.77. The Morgan fingerprint density at radius 3 is 2.19 bits per heavy atom. The molecule has 2 aliphatic carbocycles. The van der Waals surface area contributed by atoms with E-state index < -0.39 is 5.54 Å². The fraction of sp³-hybridized carbons (Fsp3) is 0.882. The van der Waals surface area contributed by atoms with Crippen molar-refractivity contribution in [1.29, 1.82) is 0 Å². The van der Waals surface area contributed by atoms with Gasteiger partial charge in [-0.25, -0.2) is 0 Å². The summed E-state index contributed by atoms with van der Waals surface area (Å²) in [6.45, 7) is 4.02. The van der Waals surface area contributed by atoms with E-state index in [1.165, 1.54) is 19.3 Å². The number of carbonyl (C=O) groups excluding carboxylic acids is 2. The molecule has 0 spiro atoms. The molecule has 0 aromatic rings. The van der Waals surface area contributed by atoms with E-state index in [2.05, 4.69) is 5.32 Å². The first kappa shape index (κ1) is 14.9. The summed E-state index contributed by atoms with van der Waals surface area (Å²) < 4.78 is 0. The van der Waals surface area contributed by atoms with E-state index in [1.807, 2.05) is 18.7 Å². The van der Waals surface area contributed by atoms with Crippen LogP contribution in [0, 0.1) is 5.92 Å².